The van der Waals surface area contributed by atoms with Crippen LogP contribution in [0.15, 0.2) is 36.5 Å². The van der Waals surface area contributed by atoms with Crippen molar-refractivity contribution in [3.05, 3.63) is 42.2 Å². The first-order chi connectivity index (χ1) is 7.86. The Morgan fingerprint density at radius 1 is 1.19 bits per heavy atom. The molecule has 2 rings (SSSR count). The highest BCUT2D eigenvalue weighted by Crippen LogP contribution is 2.23. The van der Waals surface area contributed by atoms with Crippen LogP contribution in [0.5, 0.6) is 0 Å². The summed E-state index contributed by atoms with van der Waals surface area (Å²) in [6, 6.07) is 10.1. The number of aromatic nitrogens is 1. The van der Waals surface area contributed by atoms with Crippen LogP contribution in [0, 0.1) is 0 Å². The molecule has 3 heteroatoms. The van der Waals surface area contributed by atoms with E-state index in [2.05, 4.69) is 17.1 Å². The van der Waals surface area contributed by atoms with Crippen molar-refractivity contribution < 1.29 is 9.47 Å². The average molecular weight is 217 g/mol. The van der Waals surface area contributed by atoms with Gasteiger partial charge in [-0.2, -0.15) is 0 Å². The van der Waals surface area contributed by atoms with Gasteiger partial charge in [-0.1, -0.05) is 24.3 Å². The molecule has 16 heavy (non-hydrogen) atoms. The van der Waals surface area contributed by atoms with Crippen molar-refractivity contribution in [2.24, 2.45) is 0 Å². The van der Waals surface area contributed by atoms with Gasteiger partial charge in [0.05, 0.1) is 12.3 Å². The van der Waals surface area contributed by atoms with Crippen LogP contribution in [-0.2, 0) is 9.47 Å². The van der Waals surface area contributed by atoms with E-state index in [4.69, 9.17) is 9.47 Å². The Morgan fingerprint density at radius 2 is 2.00 bits per heavy atom. The third-order valence-electron chi connectivity index (χ3n) is 2.61. The summed E-state index contributed by atoms with van der Waals surface area (Å²) in [4.78, 5) is 4.39. The Bertz CT molecular complexity index is 465. The topological polar surface area (TPSA) is 31.4 Å². The molecular formula is C13H15NO2. The lowest BCUT2D eigenvalue weighted by molar-refractivity contribution is 0.0259. The average Bonchev–Trinajstić information content (AvgIpc) is 2.35. The van der Waals surface area contributed by atoms with Crippen molar-refractivity contribution in [2.45, 2.75) is 6.10 Å². The van der Waals surface area contributed by atoms with Crippen LogP contribution in [0.1, 0.15) is 11.8 Å². The van der Waals surface area contributed by atoms with Crippen molar-refractivity contribution >= 4 is 10.8 Å². The molecule has 0 unspecified atom stereocenters. The van der Waals surface area contributed by atoms with E-state index in [0.717, 1.165) is 11.1 Å². The van der Waals surface area contributed by atoms with Crippen LogP contribution in [0.3, 0.4) is 0 Å². The lowest BCUT2D eigenvalue weighted by Gasteiger charge is -2.15. The summed E-state index contributed by atoms with van der Waals surface area (Å²) in [5.74, 6) is 0. The standard InChI is InChI=1S/C13H15NO2/c1-15-9-12(16-2)13-11-6-4-3-5-10(11)7-8-14-13/h3-8,12H,9H2,1-2H3/t12-/m1/s1. The first-order valence-corrected chi connectivity index (χ1v) is 5.22. The van der Waals surface area contributed by atoms with Crippen LogP contribution in [-0.4, -0.2) is 25.8 Å². The molecule has 84 valence electrons. The molecule has 0 aliphatic carbocycles. The molecule has 1 atom stereocenters. The minimum absolute atomic E-state index is 0.115. The highest BCUT2D eigenvalue weighted by Gasteiger charge is 2.14. The maximum atomic E-state index is 5.40. The Kier molecular flexibility index (Phi) is 3.49. The Morgan fingerprint density at radius 3 is 2.75 bits per heavy atom. The van der Waals surface area contributed by atoms with E-state index in [0.29, 0.717) is 6.61 Å². The minimum atomic E-state index is -0.115. The zero-order chi connectivity index (χ0) is 11.4. The Labute approximate surface area is 95.0 Å². The summed E-state index contributed by atoms with van der Waals surface area (Å²) in [7, 11) is 3.34. The van der Waals surface area contributed by atoms with Gasteiger partial charge in [0.25, 0.3) is 0 Å². The molecule has 0 amide bonds. The van der Waals surface area contributed by atoms with Gasteiger partial charge in [-0.25, -0.2) is 0 Å². The largest absolute Gasteiger partial charge is 0.382 e. The third kappa shape index (κ3) is 2.05. The first kappa shape index (κ1) is 11.0. The predicted molar refractivity (Wildman–Crippen MR) is 63.4 cm³/mol. The van der Waals surface area contributed by atoms with Gasteiger partial charge in [0, 0.05) is 25.8 Å². The maximum absolute atomic E-state index is 5.40. The molecule has 0 bridgehead atoms. The Balaban J connectivity index is 2.50. The van der Waals surface area contributed by atoms with E-state index < -0.39 is 0 Å². The molecule has 0 radical (unpaired) electrons. The van der Waals surface area contributed by atoms with Crippen molar-refractivity contribution in [3.8, 4) is 0 Å². The number of fused-ring (bicyclic) bond motifs is 1. The molecule has 3 nitrogen and oxygen atoms in total. The second-order valence-corrected chi connectivity index (χ2v) is 3.60. The Hall–Kier alpha value is -1.45. The normalized spacial score (nSPS) is 12.9. The minimum Gasteiger partial charge on any atom is -0.382 e. The zero-order valence-corrected chi connectivity index (χ0v) is 9.51. The summed E-state index contributed by atoms with van der Waals surface area (Å²) in [5, 5.41) is 2.29. The molecule has 0 saturated heterocycles. The van der Waals surface area contributed by atoms with E-state index >= 15 is 0 Å². The fraction of sp³-hybridized carbons (Fsp3) is 0.308. The molecule has 0 fully saturated rings. The molecule has 0 spiro atoms. The second-order valence-electron chi connectivity index (χ2n) is 3.60. The van der Waals surface area contributed by atoms with Crippen LogP contribution in [0.25, 0.3) is 10.8 Å². The first-order valence-electron chi connectivity index (χ1n) is 5.22. The van der Waals surface area contributed by atoms with Gasteiger partial charge < -0.3 is 9.47 Å². The summed E-state index contributed by atoms with van der Waals surface area (Å²) >= 11 is 0. The highest BCUT2D eigenvalue weighted by molar-refractivity contribution is 5.84. The van der Waals surface area contributed by atoms with Crippen LogP contribution in [0.2, 0.25) is 0 Å². The number of benzene rings is 1. The van der Waals surface area contributed by atoms with Gasteiger partial charge in [-0.05, 0) is 11.5 Å². The van der Waals surface area contributed by atoms with Crippen molar-refractivity contribution in [2.75, 3.05) is 20.8 Å². The number of hydrogen-bond donors (Lipinski definition) is 0. The van der Waals surface area contributed by atoms with Gasteiger partial charge in [0.2, 0.25) is 0 Å². The fourth-order valence-corrected chi connectivity index (χ4v) is 1.81. The second kappa shape index (κ2) is 5.05. The van der Waals surface area contributed by atoms with E-state index in [1.54, 1.807) is 20.4 Å². The predicted octanol–water partition coefficient (Wildman–Crippen LogP) is 2.57. The monoisotopic (exact) mass is 217 g/mol. The van der Waals surface area contributed by atoms with E-state index in [9.17, 15) is 0 Å². The molecule has 0 saturated carbocycles. The van der Waals surface area contributed by atoms with Gasteiger partial charge in [0.1, 0.15) is 6.10 Å². The number of nitrogens with zero attached hydrogens (tertiary/aromatic N) is 1. The molecular weight excluding hydrogens is 202 g/mol. The molecule has 1 aromatic heterocycles. The number of rotatable bonds is 4. The van der Waals surface area contributed by atoms with Gasteiger partial charge >= 0.3 is 0 Å². The molecule has 0 aliphatic rings. The van der Waals surface area contributed by atoms with Crippen molar-refractivity contribution in [3.63, 3.8) is 0 Å². The zero-order valence-electron chi connectivity index (χ0n) is 9.51. The molecule has 1 heterocycles. The summed E-state index contributed by atoms with van der Waals surface area (Å²) in [6.45, 7) is 0.511. The van der Waals surface area contributed by atoms with Gasteiger partial charge in [0.15, 0.2) is 0 Å². The van der Waals surface area contributed by atoms with Gasteiger partial charge in [-0.3, -0.25) is 4.98 Å². The van der Waals surface area contributed by atoms with E-state index in [1.807, 2.05) is 18.2 Å². The lowest BCUT2D eigenvalue weighted by atomic mass is 10.1. The van der Waals surface area contributed by atoms with Crippen LogP contribution < -0.4 is 0 Å². The quantitative estimate of drug-likeness (QED) is 0.788. The van der Waals surface area contributed by atoms with E-state index in [-0.39, 0.29) is 6.10 Å². The molecule has 0 aliphatic heterocycles. The maximum Gasteiger partial charge on any atom is 0.123 e. The molecule has 2 aromatic rings. The molecule has 0 N–H and O–H groups in total. The molecule has 1 aromatic carbocycles. The number of hydrogen-bond acceptors (Lipinski definition) is 3. The van der Waals surface area contributed by atoms with Crippen LogP contribution >= 0.6 is 0 Å². The van der Waals surface area contributed by atoms with Crippen molar-refractivity contribution in [1.82, 2.24) is 4.98 Å². The summed E-state index contributed by atoms with van der Waals surface area (Å²) in [5.41, 5.74) is 0.933. The highest BCUT2D eigenvalue weighted by atomic mass is 16.5. The number of methoxy groups -OCH3 is 2. The summed E-state index contributed by atoms with van der Waals surface area (Å²) in [6.07, 6.45) is 1.69. The van der Waals surface area contributed by atoms with Crippen LogP contribution in [0.4, 0.5) is 0 Å². The van der Waals surface area contributed by atoms with Gasteiger partial charge in [-0.15, -0.1) is 0 Å². The smallest absolute Gasteiger partial charge is 0.123 e. The number of pyridine rings is 1. The summed E-state index contributed by atoms with van der Waals surface area (Å²) < 4.78 is 10.5. The fourth-order valence-electron chi connectivity index (χ4n) is 1.81. The SMILES string of the molecule is COC[C@@H](OC)c1nccc2ccccc12. The van der Waals surface area contributed by atoms with E-state index in [1.165, 1.54) is 5.39 Å². The third-order valence-corrected chi connectivity index (χ3v) is 2.61. The van der Waals surface area contributed by atoms with Crippen molar-refractivity contribution in [1.29, 1.82) is 0 Å². The number of ether oxygens (including phenoxy) is 2. The lowest BCUT2D eigenvalue weighted by Crippen LogP contribution is -2.10.